The zero-order valence-corrected chi connectivity index (χ0v) is 11.7. The molecule has 4 heteroatoms. The molecule has 3 atom stereocenters. The molecule has 1 heterocycles. The highest BCUT2D eigenvalue weighted by molar-refractivity contribution is 5.68. The van der Waals surface area contributed by atoms with E-state index in [1.54, 1.807) is 0 Å². The lowest BCUT2D eigenvalue weighted by Gasteiger charge is -2.37. The third-order valence-electron chi connectivity index (χ3n) is 4.68. The summed E-state index contributed by atoms with van der Waals surface area (Å²) in [4.78, 5) is 13.5. The van der Waals surface area contributed by atoms with Crippen molar-refractivity contribution in [3.05, 3.63) is 35.9 Å². The molecule has 3 N–H and O–H groups in total. The Balaban J connectivity index is 1.68. The molecule has 4 nitrogen and oxygen atoms in total. The van der Waals surface area contributed by atoms with Crippen molar-refractivity contribution in [1.82, 2.24) is 4.90 Å². The highest BCUT2D eigenvalue weighted by Crippen LogP contribution is 2.41. The van der Waals surface area contributed by atoms with Crippen molar-refractivity contribution in [3.8, 4) is 0 Å². The Labute approximate surface area is 119 Å². The van der Waals surface area contributed by atoms with E-state index < -0.39 is 11.5 Å². The minimum atomic E-state index is -0.775. The minimum absolute atomic E-state index is 0.0964. The number of carbonyl (C=O) groups is 1. The highest BCUT2D eigenvalue weighted by Gasteiger charge is 2.45. The summed E-state index contributed by atoms with van der Waals surface area (Å²) in [7, 11) is 0. The highest BCUT2D eigenvalue weighted by atomic mass is 16.4. The van der Waals surface area contributed by atoms with E-state index in [9.17, 15) is 4.79 Å². The fourth-order valence-corrected chi connectivity index (χ4v) is 4.03. The molecule has 0 aromatic heterocycles. The minimum Gasteiger partial charge on any atom is -0.481 e. The molecular weight excluding hydrogens is 252 g/mol. The molecular formula is C16H22N2O2. The second-order valence-electron chi connectivity index (χ2n) is 6.51. The standard InChI is InChI=1S/C16H22N2O2/c17-16(9-15(19)20)7-13-6-14(8-16)18(11-13)10-12-4-2-1-3-5-12/h1-5,13-14H,6-11,17H2,(H,19,20). The van der Waals surface area contributed by atoms with Crippen molar-refractivity contribution in [1.29, 1.82) is 0 Å². The molecule has 3 rings (SSSR count). The van der Waals surface area contributed by atoms with Crippen LogP contribution in [0.5, 0.6) is 0 Å². The number of nitrogens with two attached hydrogens (primary N) is 1. The molecule has 2 aliphatic rings. The second-order valence-corrected chi connectivity index (χ2v) is 6.51. The molecule has 0 spiro atoms. The second kappa shape index (κ2) is 5.19. The lowest BCUT2D eigenvalue weighted by atomic mass is 9.75. The van der Waals surface area contributed by atoms with Gasteiger partial charge in [0.15, 0.2) is 0 Å². The van der Waals surface area contributed by atoms with Gasteiger partial charge in [-0.05, 0) is 30.7 Å². The Bertz CT molecular complexity index is 491. The summed E-state index contributed by atoms with van der Waals surface area (Å²) in [5.41, 5.74) is 7.14. The first-order valence-electron chi connectivity index (χ1n) is 7.33. The van der Waals surface area contributed by atoms with Gasteiger partial charge in [-0.2, -0.15) is 0 Å². The first kappa shape index (κ1) is 13.6. The van der Waals surface area contributed by atoms with Gasteiger partial charge in [0.2, 0.25) is 0 Å². The van der Waals surface area contributed by atoms with Crippen LogP contribution in [-0.2, 0) is 11.3 Å². The zero-order valence-electron chi connectivity index (χ0n) is 11.7. The van der Waals surface area contributed by atoms with E-state index >= 15 is 0 Å². The van der Waals surface area contributed by atoms with Crippen molar-refractivity contribution in [2.24, 2.45) is 11.7 Å². The van der Waals surface area contributed by atoms with E-state index in [1.807, 2.05) is 6.07 Å². The fourth-order valence-electron chi connectivity index (χ4n) is 4.03. The number of carboxylic acid groups (broad SMARTS) is 1. The van der Waals surface area contributed by atoms with Crippen molar-refractivity contribution >= 4 is 5.97 Å². The van der Waals surface area contributed by atoms with E-state index in [0.29, 0.717) is 12.0 Å². The lowest BCUT2D eigenvalue weighted by molar-refractivity contribution is -0.138. The number of likely N-dealkylation sites (tertiary alicyclic amines) is 1. The summed E-state index contributed by atoms with van der Waals surface area (Å²) < 4.78 is 0. The average molecular weight is 274 g/mol. The predicted molar refractivity (Wildman–Crippen MR) is 77.2 cm³/mol. The Kier molecular flexibility index (Phi) is 3.52. The smallest absolute Gasteiger partial charge is 0.305 e. The predicted octanol–water partition coefficient (Wildman–Crippen LogP) is 1.84. The number of hydrogen-bond donors (Lipinski definition) is 2. The van der Waals surface area contributed by atoms with Gasteiger partial charge in [0.05, 0.1) is 6.42 Å². The van der Waals surface area contributed by atoms with E-state index in [4.69, 9.17) is 10.8 Å². The molecule has 1 aromatic rings. The third-order valence-corrected chi connectivity index (χ3v) is 4.68. The van der Waals surface area contributed by atoms with Gasteiger partial charge in [-0.1, -0.05) is 30.3 Å². The first-order chi connectivity index (χ1) is 9.54. The van der Waals surface area contributed by atoms with Gasteiger partial charge in [0.1, 0.15) is 0 Å². The van der Waals surface area contributed by atoms with E-state index in [0.717, 1.165) is 25.9 Å². The summed E-state index contributed by atoms with van der Waals surface area (Å²) in [5.74, 6) is -0.217. The van der Waals surface area contributed by atoms with Crippen LogP contribution in [0.2, 0.25) is 0 Å². The van der Waals surface area contributed by atoms with E-state index in [1.165, 1.54) is 12.0 Å². The van der Waals surface area contributed by atoms with Gasteiger partial charge in [-0.25, -0.2) is 0 Å². The summed E-state index contributed by atoms with van der Waals surface area (Å²) in [6.07, 6.45) is 2.92. The number of rotatable bonds is 4. The van der Waals surface area contributed by atoms with E-state index in [2.05, 4.69) is 29.2 Å². The Morgan fingerprint density at radius 1 is 1.35 bits per heavy atom. The molecule has 0 amide bonds. The zero-order chi connectivity index (χ0) is 14.2. The van der Waals surface area contributed by atoms with Crippen LogP contribution in [0.25, 0.3) is 0 Å². The van der Waals surface area contributed by atoms with Crippen LogP contribution < -0.4 is 5.73 Å². The molecule has 20 heavy (non-hydrogen) atoms. The largest absolute Gasteiger partial charge is 0.481 e. The van der Waals surface area contributed by atoms with E-state index in [-0.39, 0.29) is 6.42 Å². The normalized spacial score (nSPS) is 33.2. The average Bonchev–Trinajstić information content (AvgIpc) is 2.64. The quantitative estimate of drug-likeness (QED) is 0.879. The lowest BCUT2D eigenvalue weighted by Crippen LogP contribution is -2.49. The van der Waals surface area contributed by atoms with Crippen LogP contribution in [0.15, 0.2) is 30.3 Å². The number of benzene rings is 1. The monoisotopic (exact) mass is 274 g/mol. The molecule has 1 aliphatic carbocycles. The van der Waals surface area contributed by atoms with Crippen LogP contribution in [0.1, 0.15) is 31.2 Å². The maximum absolute atomic E-state index is 11.0. The summed E-state index contributed by atoms with van der Waals surface area (Å²) in [6, 6.07) is 10.9. The molecule has 1 saturated heterocycles. The van der Waals surface area contributed by atoms with Crippen molar-refractivity contribution in [2.75, 3.05) is 6.54 Å². The summed E-state index contributed by atoms with van der Waals surface area (Å²) >= 11 is 0. The van der Waals surface area contributed by atoms with Crippen molar-refractivity contribution in [3.63, 3.8) is 0 Å². The number of fused-ring (bicyclic) bond motifs is 2. The van der Waals surface area contributed by atoms with Gasteiger partial charge in [0.25, 0.3) is 0 Å². The maximum Gasteiger partial charge on any atom is 0.305 e. The summed E-state index contributed by atoms with van der Waals surface area (Å²) in [5, 5.41) is 9.03. The molecule has 1 aliphatic heterocycles. The topological polar surface area (TPSA) is 66.6 Å². The molecule has 108 valence electrons. The molecule has 0 radical (unpaired) electrons. The Morgan fingerprint density at radius 3 is 2.80 bits per heavy atom. The fraction of sp³-hybridized carbons (Fsp3) is 0.562. The maximum atomic E-state index is 11.0. The van der Waals surface area contributed by atoms with Crippen molar-refractivity contribution in [2.45, 2.75) is 43.8 Å². The van der Waals surface area contributed by atoms with Crippen molar-refractivity contribution < 1.29 is 9.90 Å². The number of aliphatic carboxylic acids is 1. The third kappa shape index (κ3) is 2.86. The molecule has 1 saturated carbocycles. The Hall–Kier alpha value is -1.39. The number of hydrogen-bond acceptors (Lipinski definition) is 3. The van der Waals surface area contributed by atoms with Gasteiger partial charge in [0, 0.05) is 24.7 Å². The Morgan fingerprint density at radius 2 is 2.10 bits per heavy atom. The molecule has 1 aromatic carbocycles. The van der Waals surface area contributed by atoms with Gasteiger partial charge in [-0.15, -0.1) is 0 Å². The van der Waals surface area contributed by atoms with Crippen LogP contribution in [0, 0.1) is 5.92 Å². The first-order valence-corrected chi connectivity index (χ1v) is 7.33. The SMILES string of the molecule is NC1(CC(=O)O)CC2CC(C1)N(Cc1ccccc1)C2. The number of nitrogens with zero attached hydrogens (tertiary/aromatic N) is 1. The molecule has 2 fully saturated rings. The van der Waals surface area contributed by atoms with Crippen LogP contribution in [0.4, 0.5) is 0 Å². The molecule has 2 bridgehead atoms. The number of carboxylic acids is 1. The summed E-state index contributed by atoms with van der Waals surface area (Å²) in [6.45, 7) is 2.00. The van der Waals surface area contributed by atoms with Crippen LogP contribution in [0.3, 0.4) is 0 Å². The van der Waals surface area contributed by atoms with Gasteiger partial charge in [-0.3, -0.25) is 9.69 Å². The van der Waals surface area contributed by atoms with Crippen LogP contribution in [-0.4, -0.2) is 34.1 Å². The van der Waals surface area contributed by atoms with Gasteiger partial charge >= 0.3 is 5.97 Å². The van der Waals surface area contributed by atoms with Crippen LogP contribution >= 0.6 is 0 Å². The van der Waals surface area contributed by atoms with Gasteiger partial charge < -0.3 is 10.8 Å². The molecule has 3 unspecified atom stereocenters.